The first kappa shape index (κ1) is 11.3. The van der Waals surface area contributed by atoms with Gasteiger partial charge in [-0.1, -0.05) is 0 Å². The van der Waals surface area contributed by atoms with Crippen molar-refractivity contribution in [2.24, 2.45) is 0 Å². The number of piperazine rings is 1. The van der Waals surface area contributed by atoms with Gasteiger partial charge < -0.3 is 15.0 Å². The van der Waals surface area contributed by atoms with Gasteiger partial charge in [0.15, 0.2) is 0 Å². The summed E-state index contributed by atoms with van der Waals surface area (Å²) < 4.78 is 4.96. The Hall–Kier alpha value is -1.14. The summed E-state index contributed by atoms with van der Waals surface area (Å²) in [5.74, 6) is 0.574. The van der Waals surface area contributed by atoms with Crippen molar-refractivity contribution in [3.05, 3.63) is 5.28 Å². The summed E-state index contributed by atoms with van der Waals surface area (Å²) in [6.07, 6.45) is 0. The van der Waals surface area contributed by atoms with Crippen molar-refractivity contribution in [2.75, 3.05) is 31.6 Å². The summed E-state index contributed by atoms with van der Waals surface area (Å²) in [5.41, 5.74) is 0. The summed E-state index contributed by atoms with van der Waals surface area (Å²) in [4.78, 5) is 14.2. The normalized spacial score (nSPS) is 20.9. The third kappa shape index (κ3) is 2.51. The molecule has 6 nitrogen and oxygen atoms in total. The van der Waals surface area contributed by atoms with Gasteiger partial charge in [-0.05, 0) is 18.5 Å². The SMILES string of the molecule is COc1nc(Cl)nc(N2CCNC(C)C2)n1. The number of hydrogen-bond acceptors (Lipinski definition) is 6. The van der Waals surface area contributed by atoms with Gasteiger partial charge in [-0.15, -0.1) is 0 Å². The molecule has 2 heterocycles. The van der Waals surface area contributed by atoms with Crippen LogP contribution in [0.2, 0.25) is 5.28 Å². The second-order valence-electron chi connectivity index (χ2n) is 3.69. The van der Waals surface area contributed by atoms with Crippen LogP contribution in [0.5, 0.6) is 6.01 Å². The Labute approximate surface area is 99.0 Å². The molecular weight excluding hydrogens is 230 g/mol. The highest BCUT2D eigenvalue weighted by Gasteiger charge is 2.19. The van der Waals surface area contributed by atoms with Crippen LogP contribution < -0.4 is 15.0 Å². The van der Waals surface area contributed by atoms with Crippen LogP contribution in [0.1, 0.15) is 6.92 Å². The molecule has 0 spiro atoms. The fraction of sp³-hybridized carbons (Fsp3) is 0.667. The summed E-state index contributed by atoms with van der Waals surface area (Å²) in [7, 11) is 1.51. The molecule has 0 aromatic carbocycles. The van der Waals surface area contributed by atoms with Crippen LogP contribution in [0, 0.1) is 0 Å². The average Bonchev–Trinajstić information content (AvgIpc) is 2.28. The smallest absolute Gasteiger partial charge is 0.322 e. The summed E-state index contributed by atoms with van der Waals surface area (Å²) in [6, 6.07) is 0.663. The first-order chi connectivity index (χ1) is 7.69. The van der Waals surface area contributed by atoms with Crippen molar-refractivity contribution in [1.29, 1.82) is 0 Å². The molecular formula is C9H14ClN5O. The zero-order valence-corrected chi connectivity index (χ0v) is 10.0. The highest BCUT2D eigenvalue weighted by molar-refractivity contribution is 6.28. The predicted molar refractivity (Wildman–Crippen MR) is 61.1 cm³/mol. The van der Waals surface area contributed by atoms with E-state index in [1.807, 2.05) is 0 Å². The fourth-order valence-corrected chi connectivity index (χ4v) is 1.82. The van der Waals surface area contributed by atoms with Gasteiger partial charge in [-0.3, -0.25) is 0 Å². The van der Waals surface area contributed by atoms with Crippen LogP contribution in [0.15, 0.2) is 0 Å². The average molecular weight is 244 g/mol. The lowest BCUT2D eigenvalue weighted by Crippen LogP contribution is -2.49. The lowest BCUT2D eigenvalue weighted by Gasteiger charge is -2.31. The molecule has 1 atom stereocenters. The molecule has 88 valence electrons. The van der Waals surface area contributed by atoms with Crippen LogP contribution >= 0.6 is 11.6 Å². The molecule has 0 radical (unpaired) electrons. The van der Waals surface area contributed by atoms with Gasteiger partial charge in [0.25, 0.3) is 0 Å². The maximum Gasteiger partial charge on any atom is 0.322 e. The molecule has 0 amide bonds. The third-order valence-corrected chi connectivity index (χ3v) is 2.58. The lowest BCUT2D eigenvalue weighted by molar-refractivity contribution is 0.376. The second-order valence-corrected chi connectivity index (χ2v) is 4.03. The zero-order valence-electron chi connectivity index (χ0n) is 9.27. The second kappa shape index (κ2) is 4.80. The van der Waals surface area contributed by atoms with Crippen LogP contribution in [0.3, 0.4) is 0 Å². The molecule has 1 N–H and O–H groups in total. The summed E-state index contributed by atoms with van der Waals surface area (Å²) in [5, 5.41) is 3.51. The van der Waals surface area contributed by atoms with Crippen molar-refractivity contribution in [3.8, 4) is 6.01 Å². The molecule has 1 unspecified atom stereocenters. The first-order valence-electron chi connectivity index (χ1n) is 5.13. The van der Waals surface area contributed by atoms with Gasteiger partial charge in [0.2, 0.25) is 11.2 Å². The Morgan fingerprint density at radius 3 is 2.94 bits per heavy atom. The highest BCUT2D eigenvalue weighted by atomic mass is 35.5. The molecule has 1 aromatic rings. The Balaban J connectivity index is 2.21. The number of nitrogens with zero attached hydrogens (tertiary/aromatic N) is 4. The number of halogens is 1. The van der Waals surface area contributed by atoms with E-state index in [9.17, 15) is 0 Å². The monoisotopic (exact) mass is 243 g/mol. The number of rotatable bonds is 2. The van der Waals surface area contributed by atoms with Gasteiger partial charge in [0.05, 0.1) is 7.11 Å². The Morgan fingerprint density at radius 2 is 2.25 bits per heavy atom. The Kier molecular flexibility index (Phi) is 3.40. The van der Waals surface area contributed by atoms with Crippen molar-refractivity contribution in [1.82, 2.24) is 20.3 Å². The van der Waals surface area contributed by atoms with Gasteiger partial charge in [0.1, 0.15) is 0 Å². The van der Waals surface area contributed by atoms with E-state index >= 15 is 0 Å². The predicted octanol–water partition coefficient (Wildman–Crippen LogP) is 0.332. The standard InChI is InChI=1S/C9H14ClN5O/c1-6-5-15(4-3-11-6)8-12-7(10)13-9(14-8)16-2/h6,11H,3-5H2,1-2H3. The topological polar surface area (TPSA) is 63.2 Å². The summed E-state index contributed by atoms with van der Waals surface area (Å²) >= 11 is 5.80. The number of anilines is 1. The number of aromatic nitrogens is 3. The van der Waals surface area contributed by atoms with E-state index in [4.69, 9.17) is 16.3 Å². The van der Waals surface area contributed by atoms with E-state index in [-0.39, 0.29) is 11.3 Å². The molecule has 16 heavy (non-hydrogen) atoms. The molecule has 1 saturated heterocycles. The molecule has 1 aliphatic rings. The fourth-order valence-electron chi connectivity index (χ4n) is 1.67. The maximum absolute atomic E-state index is 5.80. The zero-order chi connectivity index (χ0) is 11.5. The maximum atomic E-state index is 5.80. The molecule has 1 fully saturated rings. The van der Waals surface area contributed by atoms with Crippen LogP contribution in [-0.4, -0.2) is 47.7 Å². The van der Waals surface area contributed by atoms with Crippen molar-refractivity contribution in [3.63, 3.8) is 0 Å². The van der Waals surface area contributed by atoms with Gasteiger partial charge in [0, 0.05) is 25.7 Å². The van der Waals surface area contributed by atoms with Crippen LogP contribution in [0.4, 0.5) is 5.95 Å². The van der Waals surface area contributed by atoms with Gasteiger partial charge in [-0.2, -0.15) is 15.0 Å². The number of nitrogens with one attached hydrogen (secondary N) is 1. The Bertz CT molecular complexity index is 375. The van der Waals surface area contributed by atoms with E-state index in [1.54, 1.807) is 0 Å². The largest absolute Gasteiger partial charge is 0.467 e. The van der Waals surface area contributed by atoms with E-state index < -0.39 is 0 Å². The lowest BCUT2D eigenvalue weighted by atomic mass is 10.2. The van der Waals surface area contributed by atoms with Crippen molar-refractivity contribution >= 4 is 17.5 Å². The van der Waals surface area contributed by atoms with Crippen LogP contribution in [0.25, 0.3) is 0 Å². The van der Waals surface area contributed by atoms with Crippen LogP contribution in [-0.2, 0) is 0 Å². The number of methoxy groups -OCH3 is 1. The van der Waals surface area contributed by atoms with E-state index in [2.05, 4.69) is 32.1 Å². The van der Waals surface area contributed by atoms with E-state index in [0.29, 0.717) is 12.0 Å². The minimum atomic E-state index is 0.160. The Morgan fingerprint density at radius 1 is 1.44 bits per heavy atom. The highest BCUT2D eigenvalue weighted by Crippen LogP contribution is 2.16. The molecule has 1 aliphatic heterocycles. The molecule has 2 rings (SSSR count). The minimum absolute atomic E-state index is 0.160. The molecule has 0 bridgehead atoms. The van der Waals surface area contributed by atoms with Gasteiger partial charge >= 0.3 is 6.01 Å². The first-order valence-corrected chi connectivity index (χ1v) is 5.50. The van der Waals surface area contributed by atoms with Crippen molar-refractivity contribution < 1.29 is 4.74 Å². The van der Waals surface area contributed by atoms with E-state index in [1.165, 1.54) is 7.11 Å². The third-order valence-electron chi connectivity index (χ3n) is 2.41. The van der Waals surface area contributed by atoms with E-state index in [0.717, 1.165) is 19.6 Å². The summed E-state index contributed by atoms with van der Waals surface area (Å²) in [6.45, 7) is 4.73. The quantitative estimate of drug-likeness (QED) is 0.808. The minimum Gasteiger partial charge on any atom is -0.467 e. The molecule has 1 aromatic heterocycles. The molecule has 7 heteroatoms. The van der Waals surface area contributed by atoms with Gasteiger partial charge in [-0.25, -0.2) is 0 Å². The van der Waals surface area contributed by atoms with Crippen molar-refractivity contribution in [2.45, 2.75) is 13.0 Å². The molecule has 0 aliphatic carbocycles. The number of ether oxygens (including phenoxy) is 1. The number of hydrogen-bond donors (Lipinski definition) is 1. The molecule has 0 saturated carbocycles.